The van der Waals surface area contributed by atoms with Crippen molar-refractivity contribution in [2.24, 2.45) is 0 Å². The maximum absolute atomic E-state index is 8.67. The minimum absolute atomic E-state index is 0. The van der Waals surface area contributed by atoms with Crippen molar-refractivity contribution in [3.05, 3.63) is 24.3 Å². The summed E-state index contributed by atoms with van der Waals surface area (Å²) in [6.45, 7) is 0. The molecule has 2 N–H and O–H groups in total. The van der Waals surface area contributed by atoms with E-state index in [0.29, 0.717) is 0 Å². The van der Waals surface area contributed by atoms with Crippen LogP contribution in [0.1, 0.15) is 0 Å². The van der Waals surface area contributed by atoms with Crippen molar-refractivity contribution in [1.82, 2.24) is 0 Å². The number of hydrogen-bond acceptors (Lipinski definition) is 2. The van der Waals surface area contributed by atoms with Gasteiger partial charge in [-0.05, 0) is 12.1 Å². The first kappa shape index (κ1) is 9.20. The van der Waals surface area contributed by atoms with Gasteiger partial charge in [-0.2, -0.15) is 0 Å². The molecule has 3 heteroatoms. The fourth-order valence-corrected chi connectivity index (χ4v) is 0.464. The molecule has 0 spiro atoms. The summed E-state index contributed by atoms with van der Waals surface area (Å²) in [5.41, 5.74) is 0. The fraction of sp³-hybridized carbons (Fsp3) is 0. The molecule has 0 bridgehead atoms. The molecule has 0 saturated heterocycles. The quantitative estimate of drug-likeness (QED) is 0.677. The van der Waals surface area contributed by atoms with Gasteiger partial charge in [-0.25, -0.2) is 0 Å². The molecule has 0 atom stereocenters. The largest absolute Gasteiger partial charge is 3.00 e. The first-order valence-corrected chi connectivity index (χ1v) is 2.27. The summed E-state index contributed by atoms with van der Waals surface area (Å²) < 4.78 is 0. The fourth-order valence-electron chi connectivity index (χ4n) is 0.464. The average molecular weight is 250 g/mol. The van der Waals surface area contributed by atoms with Crippen LogP contribution >= 0.6 is 0 Å². The zero-order valence-corrected chi connectivity index (χ0v) is 7.84. The summed E-state index contributed by atoms with van der Waals surface area (Å²) in [4.78, 5) is 0. The number of hydrogen-bond donors (Lipinski definition) is 2. The summed E-state index contributed by atoms with van der Waals surface area (Å²) in [5.74, 6) is -0.153. The number of aromatic hydroxyl groups is 2. The molecule has 9 heavy (non-hydrogen) atoms. The molecule has 1 rings (SSSR count). The Morgan fingerprint density at radius 2 is 1.22 bits per heavy atom. The van der Waals surface area contributed by atoms with Gasteiger partial charge in [0.1, 0.15) is 0 Å². The van der Waals surface area contributed by atoms with E-state index in [2.05, 4.69) is 0 Å². The van der Waals surface area contributed by atoms with Gasteiger partial charge in [-0.3, -0.25) is 0 Å². The van der Waals surface area contributed by atoms with Gasteiger partial charge in [0.05, 0.1) is 0 Å². The van der Waals surface area contributed by atoms with E-state index >= 15 is 0 Å². The van der Waals surface area contributed by atoms with Crippen LogP contribution in [0.2, 0.25) is 0 Å². The summed E-state index contributed by atoms with van der Waals surface area (Å²) >= 11 is 0. The van der Waals surface area contributed by atoms with Gasteiger partial charge in [0.25, 0.3) is 0 Å². The monoisotopic (exact) mass is 250 g/mol. The van der Waals surface area contributed by atoms with Crippen LogP contribution in [0, 0.1) is 41.7 Å². The molecule has 2 nitrogen and oxygen atoms in total. The average Bonchev–Trinajstić information content (AvgIpc) is 1.77. The van der Waals surface area contributed by atoms with Crippen molar-refractivity contribution in [2.75, 3.05) is 0 Å². The predicted octanol–water partition coefficient (Wildman–Crippen LogP) is 1.10. The van der Waals surface area contributed by atoms with Crippen molar-refractivity contribution in [1.29, 1.82) is 0 Å². The Morgan fingerprint density at radius 3 is 1.44 bits per heavy atom. The SMILES string of the molecule is Oc1ccccc1O.[Ce+3]. The summed E-state index contributed by atoms with van der Waals surface area (Å²) in [7, 11) is 0. The normalized spacial score (nSPS) is 8.00. The van der Waals surface area contributed by atoms with E-state index in [0.717, 1.165) is 0 Å². The van der Waals surface area contributed by atoms with E-state index in [1.165, 1.54) is 12.1 Å². The van der Waals surface area contributed by atoms with E-state index < -0.39 is 0 Å². The van der Waals surface area contributed by atoms with Crippen molar-refractivity contribution < 1.29 is 52.0 Å². The Bertz CT molecular complexity index is 167. The number of benzene rings is 1. The third-order valence-corrected chi connectivity index (χ3v) is 0.882. The van der Waals surface area contributed by atoms with E-state index in [1.54, 1.807) is 12.1 Å². The number of phenols is 2. The molecule has 0 aliphatic heterocycles. The van der Waals surface area contributed by atoms with Crippen LogP contribution in [-0.4, -0.2) is 10.2 Å². The van der Waals surface area contributed by atoms with Gasteiger partial charge in [0.2, 0.25) is 0 Å². The maximum Gasteiger partial charge on any atom is 3.00 e. The van der Waals surface area contributed by atoms with E-state index in [1.807, 2.05) is 0 Å². The zero-order chi connectivity index (χ0) is 5.98. The zero-order valence-electron chi connectivity index (χ0n) is 4.70. The second kappa shape index (κ2) is 4.08. The van der Waals surface area contributed by atoms with E-state index in [4.69, 9.17) is 10.2 Å². The summed E-state index contributed by atoms with van der Waals surface area (Å²) in [6.07, 6.45) is 0. The Labute approximate surface area is 86.9 Å². The molecule has 0 saturated carbocycles. The van der Waals surface area contributed by atoms with Crippen molar-refractivity contribution in [2.45, 2.75) is 0 Å². The minimum Gasteiger partial charge on any atom is -0.504 e. The van der Waals surface area contributed by atoms with Crippen molar-refractivity contribution in [3.63, 3.8) is 0 Å². The molecule has 1 radical (unpaired) electrons. The van der Waals surface area contributed by atoms with Crippen LogP contribution in [-0.2, 0) is 0 Å². The van der Waals surface area contributed by atoms with Gasteiger partial charge >= 0.3 is 41.7 Å². The van der Waals surface area contributed by atoms with Crippen LogP contribution in [0.25, 0.3) is 0 Å². The second-order valence-electron chi connectivity index (χ2n) is 1.49. The van der Waals surface area contributed by atoms with Gasteiger partial charge < -0.3 is 10.2 Å². The van der Waals surface area contributed by atoms with Crippen LogP contribution in [0.5, 0.6) is 11.5 Å². The molecule has 43 valence electrons. The maximum atomic E-state index is 8.67. The molecule has 0 unspecified atom stereocenters. The number of rotatable bonds is 0. The molecule has 1 aromatic carbocycles. The van der Waals surface area contributed by atoms with Gasteiger partial charge in [0, 0.05) is 0 Å². The molecular weight excluding hydrogens is 244 g/mol. The van der Waals surface area contributed by atoms with Crippen LogP contribution in [0.3, 0.4) is 0 Å². The van der Waals surface area contributed by atoms with E-state index in [9.17, 15) is 0 Å². The Balaban J connectivity index is 0.000000640. The Morgan fingerprint density at radius 1 is 0.889 bits per heavy atom. The van der Waals surface area contributed by atoms with Gasteiger partial charge in [-0.15, -0.1) is 0 Å². The molecule has 0 aromatic heterocycles. The Hall–Kier alpha value is 0.197. The van der Waals surface area contributed by atoms with Crippen LogP contribution in [0.15, 0.2) is 24.3 Å². The topological polar surface area (TPSA) is 40.5 Å². The molecule has 0 aliphatic rings. The smallest absolute Gasteiger partial charge is 0.504 e. The van der Waals surface area contributed by atoms with Gasteiger partial charge in [0.15, 0.2) is 11.5 Å². The van der Waals surface area contributed by atoms with Gasteiger partial charge in [-0.1, -0.05) is 12.1 Å². The second-order valence-corrected chi connectivity index (χ2v) is 1.49. The molecule has 0 heterocycles. The third kappa shape index (κ3) is 2.51. The molecule has 1 aromatic rings. The molecule has 0 amide bonds. The van der Waals surface area contributed by atoms with Crippen LogP contribution < -0.4 is 0 Å². The van der Waals surface area contributed by atoms with Crippen molar-refractivity contribution in [3.8, 4) is 11.5 Å². The number of para-hydroxylation sites is 2. The third-order valence-electron chi connectivity index (χ3n) is 0.882. The first-order valence-electron chi connectivity index (χ1n) is 2.27. The molecular formula is C6H6CeO2+3. The Kier molecular flexibility index (Phi) is 4.17. The first-order chi connectivity index (χ1) is 3.80. The summed E-state index contributed by atoms with van der Waals surface area (Å²) in [5, 5.41) is 17.3. The minimum atomic E-state index is -0.0764. The van der Waals surface area contributed by atoms with Crippen LogP contribution in [0.4, 0.5) is 0 Å². The standard InChI is InChI=1S/C6H6O2.Ce/c7-5-3-1-2-4-6(5)8;/h1-4,7-8H;/q;+3. The summed E-state index contributed by atoms with van der Waals surface area (Å²) in [6, 6.07) is 6.15. The molecule has 0 aliphatic carbocycles. The predicted molar refractivity (Wildman–Crippen MR) is 29.8 cm³/mol. The van der Waals surface area contributed by atoms with Crippen molar-refractivity contribution >= 4 is 0 Å². The molecule has 0 fully saturated rings. The number of phenolic OH excluding ortho intramolecular Hbond substituents is 2. The van der Waals surface area contributed by atoms with E-state index in [-0.39, 0.29) is 53.2 Å².